The molecule has 2 rings (SSSR count). The number of sulfonamides is 1. The summed E-state index contributed by atoms with van der Waals surface area (Å²) >= 11 is 14.9. The fourth-order valence-electron chi connectivity index (χ4n) is 1.60. The molecule has 3 N–H and O–H groups in total. The second-order valence-corrected chi connectivity index (χ2v) is 7.50. The van der Waals surface area contributed by atoms with E-state index >= 15 is 0 Å². The zero-order chi connectivity index (χ0) is 15.8. The van der Waals surface area contributed by atoms with Gasteiger partial charge in [0.15, 0.2) is 5.15 Å². The average Bonchev–Trinajstić information content (AvgIpc) is 2.37. The molecule has 1 aromatic carbocycles. The third-order valence-corrected chi connectivity index (χ3v) is 5.19. The first-order valence-corrected chi connectivity index (χ1v) is 8.64. The Hall–Kier alpha value is -1.02. The Morgan fingerprint density at radius 3 is 2.52 bits per heavy atom. The minimum absolute atomic E-state index is 0.0198. The van der Waals surface area contributed by atoms with Crippen molar-refractivity contribution in [1.82, 2.24) is 4.98 Å². The number of pyridine rings is 1. The number of aryl methyl sites for hydroxylation is 1. The van der Waals surface area contributed by atoms with E-state index in [-0.39, 0.29) is 20.9 Å². The Kier molecular flexibility index (Phi) is 4.67. The lowest BCUT2D eigenvalue weighted by Crippen LogP contribution is -2.15. The van der Waals surface area contributed by atoms with Gasteiger partial charge in [-0.2, -0.15) is 0 Å². The van der Waals surface area contributed by atoms with Crippen molar-refractivity contribution >= 4 is 60.5 Å². The highest BCUT2D eigenvalue weighted by Gasteiger charge is 2.19. The Morgan fingerprint density at radius 2 is 1.95 bits per heavy atom. The van der Waals surface area contributed by atoms with E-state index < -0.39 is 10.0 Å². The van der Waals surface area contributed by atoms with Crippen LogP contribution in [0.15, 0.2) is 33.6 Å². The number of nitrogens with zero attached hydrogens (tertiary/aromatic N) is 1. The molecule has 5 nitrogen and oxygen atoms in total. The maximum Gasteiger partial charge on any atom is 0.262 e. The molecule has 0 bridgehead atoms. The first-order valence-electron chi connectivity index (χ1n) is 5.61. The molecule has 0 saturated heterocycles. The molecule has 2 aromatic rings. The quantitative estimate of drug-likeness (QED) is 0.594. The molecule has 1 heterocycles. The maximum atomic E-state index is 12.4. The standard InChI is InChI=1S/C12H10BrCl2N3O2S/c1-6-4-10(14)17-12(15)11(6)18-21(19,20)7-2-3-8(13)9(16)5-7/h2-5,18H,16H2,1H3. The molecule has 0 radical (unpaired) electrons. The minimum atomic E-state index is -3.83. The number of hydrogen-bond donors (Lipinski definition) is 2. The van der Waals surface area contributed by atoms with Gasteiger partial charge in [-0.3, -0.25) is 4.72 Å². The molecule has 0 saturated carbocycles. The predicted octanol–water partition coefficient (Wildman–Crippen LogP) is 3.84. The minimum Gasteiger partial charge on any atom is -0.398 e. The van der Waals surface area contributed by atoms with Gasteiger partial charge in [0.2, 0.25) is 0 Å². The summed E-state index contributed by atoms with van der Waals surface area (Å²) in [6.45, 7) is 1.67. The molecule has 0 aliphatic heterocycles. The second kappa shape index (κ2) is 6.00. The number of benzene rings is 1. The van der Waals surface area contributed by atoms with Gasteiger partial charge in [-0.15, -0.1) is 0 Å². The summed E-state index contributed by atoms with van der Waals surface area (Å²) in [6, 6.07) is 5.84. The van der Waals surface area contributed by atoms with Crippen molar-refractivity contribution in [3.8, 4) is 0 Å². The van der Waals surface area contributed by atoms with Crippen LogP contribution in [0.2, 0.25) is 10.3 Å². The second-order valence-electron chi connectivity index (χ2n) is 4.22. The SMILES string of the molecule is Cc1cc(Cl)nc(Cl)c1NS(=O)(=O)c1ccc(Br)c(N)c1. The number of anilines is 2. The van der Waals surface area contributed by atoms with Crippen LogP contribution in [-0.2, 0) is 10.0 Å². The molecular weight excluding hydrogens is 401 g/mol. The Bertz CT molecular complexity index is 789. The van der Waals surface area contributed by atoms with Crippen LogP contribution in [0.4, 0.5) is 11.4 Å². The monoisotopic (exact) mass is 409 g/mol. The van der Waals surface area contributed by atoms with Crippen LogP contribution in [0.3, 0.4) is 0 Å². The van der Waals surface area contributed by atoms with Crippen molar-refractivity contribution in [3.63, 3.8) is 0 Å². The largest absolute Gasteiger partial charge is 0.398 e. The normalized spacial score (nSPS) is 11.4. The molecule has 0 atom stereocenters. The van der Waals surface area contributed by atoms with Gasteiger partial charge in [-0.25, -0.2) is 13.4 Å². The Balaban J connectivity index is 2.44. The van der Waals surface area contributed by atoms with E-state index in [0.29, 0.717) is 15.7 Å². The van der Waals surface area contributed by atoms with Crippen LogP contribution >= 0.6 is 39.1 Å². The zero-order valence-electron chi connectivity index (χ0n) is 10.7. The molecule has 0 fully saturated rings. The van der Waals surface area contributed by atoms with E-state index in [0.717, 1.165) is 0 Å². The summed E-state index contributed by atoms with van der Waals surface area (Å²) < 4.78 is 27.7. The maximum absolute atomic E-state index is 12.4. The summed E-state index contributed by atoms with van der Waals surface area (Å²) in [4.78, 5) is 3.84. The van der Waals surface area contributed by atoms with E-state index in [1.165, 1.54) is 18.2 Å². The fourth-order valence-corrected chi connectivity index (χ4v) is 3.66. The van der Waals surface area contributed by atoms with E-state index in [1.807, 2.05) is 0 Å². The van der Waals surface area contributed by atoms with Gasteiger partial charge in [-0.05, 0) is 52.7 Å². The summed E-state index contributed by atoms with van der Waals surface area (Å²) in [5.41, 5.74) is 6.76. The molecule has 0 aliphatic carbocycles. The van der Waals surface area contributed by atoms with Gasteiger partial charge in [0.25, 0.3) is 10.0 Å². The first-order chi connectivity index (χ1) is 9.70. The molecule has 21 heavy (non-hydrogen) atoms. The highest BCUT2D eigenvalue weighted by Crippen LogP contribution is 2.30. The molecule has 0 amide bonds. The number of aromatic nitrogens is 1. The number of hydrogen-bond acceptors (Lipinski definition) is 4. The van der Waals surface area contributed by atoms with Crippen LogP contribution in [0.5, 0.6) is 0 Å². The van der Waals surface area contributed by atoms with Crippen LogP contribution in [0, 0.1) is 6.92 Å². The lowest BCUT2D eigenvalue weighted by Gasteiger charge is -2.12. The number of nitrogens with one attached hydrogen (secondary N) is 1. The number of nitrogen functional groups attached to an aromatic ring is 1. The molecule has 9 heteroatoms. The third-order valence-electron chi connectivity index (χ3n) is 2.66. The predicted molar refractivity (Wildman–Crippen MR) is 88.4 cm³/mol. The van der Waals surface area contributed by atoms with Gasteiger partial charge in [0, 0.05) is 10.2 Å². The molecule has 0 aliphatic rings. The lowest BCUT2D eigenvalue weighted by atomic mass is 10.3. The third kappa shape index (κ3) is 3.60. The van der Waals surface area contributed by atoms with Crippen molar-refractivity contribution in [1.29, 1.82) is 0 Å². The highest BCUT2D eigenvalue weighted by atomic mass is 79.9. The van der Waals surface area contributed by atoms with Crippen LogP contribution in [-0.4, -0.2) is 13.4 Å². The Morgan fingerprint density at radius 1 is 1.29 bits per heavy atom. The van der Waals surface area contributed by atoms with Crippen LogP contribution in [0.25, 0.3) is 0 Å². The summed E-state index contributed by atoms with van der Waals surface area (Å²) in [7, 11) is -3.83. The molecule has 0 unspecified atom stereocenters. The van der Waals surface area contributed by atoms with E-state index in [2.05, 4.69) is 25.6 Å². The molecular formula is C12H10BrCl2N3O2S. The molecule has 1 aromatic heterocycles. The fraction of sp³-hybridized carbons (Fsp3) is 0.0833. The average molecular weight is 411 g/mol. The van der Waals surface area contributed by atoms with Crippen molar-refractivity contribution < 1.29 is 8.42 Å². The van der Waals surface area contributed by atoms with E-state index in [4.69, 9.17) is 28.9 Å². The van der Waals surface area contributed by atoms with Gasteiger partial charge in [-0.1, -0.05) is 23.2 Å². The van der Waals surface area contributed by atoms with E-state index in [9.17, 15) is 8.42 Å². The summed E-state index contributed by atoms with van der Waals surface area (Å²) in [5, 5.41) is 0.169. The van der Waals surface area contributed by atoms with Crippen LogP contribution in [0.1, 0.15) is 5.56 Å². The van der Waals surface area contributed by atoms with Crippen LogP contribution < -0.4 is 10.5 Å². The Labute approximate surface area is 140 Å². The van der Waals surface area contributed by atoms with Crippen molar-refractivity contribution in [2.45, 2.75) is 11.8 Å². The summed E-state index contributed by atoms with van der Waals surface area (Å²) in [6.07, 6.45) is 0. The smallest absolute Gasteiger partial charge is 0.262 e. The van der Waals surface area contributed by atoms with E-state index in [1.54, 1.807) is 13.0 Å². The van der Waals surface area contributed by atoms with Gasteiger partial charge < -0.3 is 5.73 Å². The first kappa shape index (κ1) is 16.4. The molecule has 0 spiro atoms. The van der Waals surface area contributed by atoms with Gasteiger partial charge in [0.1, 0.15) is 5.15 Å². The number of halogens is 3. The topological polar surface area (TPSA) is 85.1 Å². The summed E-state index contributed by atoms with van der Waals surface area (Å²) in [5.74, 6) is 0. The van der Waals surface area contributed by atoms with Gasteiger partial charge >= 0.3 is 0 Å². The van der Waals surface area contributed by atoms with Gasteiger partial charge in [0.05, 0.1) is 10.6 Å². The lowest BCUT2D eigenvalue weighted by molar-refractivity contribution is 0.601. The van der Waals surface area contributed by atoms with Crippen molar-refractivity contribution in [2.75, 3.05) is 10.5 Å². The zero-order valence-corrected chi connectivity index (χ0v) is 14.6. The van der Waals surface area contributed by atoms with Crippen molar-refractivity contribution in [3.05, 3.63) is 44.6 Å². The van der Waals surface area contributed by atoms with Crippen molar-refractivity contribution in [2.24, 2.45) is 0 Å². The number of rotatable bonds is 3. The highest BCUT2D eigenvalue weighted by molar-refractivity contribution is 9.10. The molecule has 112 valence electrons. The number of nitrogens with two attached hydrogens (primary N) is 1.